The molecule has 1 amide bonds. The van der Waals surface area contributed by atoms with Crippen molar-refractivity contribution < 1.29 is 9.18 Å². The van der Waals surface area contributed by atoms with Gasteiger partial charge in [-0.25, -0.2) is 4.39 Å². The summed E-state index contributed by atoms with van der Waals surface area (Å²) in [5.74, 6) is -0.320. The van der Waals surface area contributed by atoms with Crippen LogP contribution in [0.15, 0.2) is 24.3 Å². The zero-order chi connectivity index (χ0) is 13.0. The molecule has 0 saturated carbocycles. The van der Waals surface area contributed by atoms with Gasteiger partial charge < -0.3 is 5.32 Å². The third-order valence-corrected chi connectivity index (χ3v) is 3.16. The Kier molecular flexibility index (Phi) is 4.13. The number of hydrogen-bond donors (Lipinski definition) is 1. The molecule has 0 bridgehead atoms. The van der Waals surface area contributed by atoms with Gasteiger partial charge in [-0.2, -0.15) is 0 Å². The second-order valence-electron chi connectivity index (χ2n) is 4.62. The maximum Gasteiger partial charge on any atom is 0.244 e. The lowest BCUT2D eigenvalue weighted by Gasteiger charge is -2.18. The van der Waals surface area contributed by atoms with Gasteiger partial charge in [-0.05, 0) is 54.5 Å². The Hall–Kier alpha value is -1.64. The lowest BCUT2D eigenvalue weighted by atomic mass is 9.87. The first-order valence-corrected chi connectivity index (χ1v) is 6.48. The predicted octanol–water partition coefficient (Wildman–Crippen LogP) is 3.07. The van der Waals surface area contributed by atoms with E-state index in [-0.39, 0.29) is 11.7 Å². The average Bonchev–Trinajstić information content (AvgIpc) is 2.37. The Morgan fingerprint density at radius 1 is 1.44 bits per heavy atom. The molecule has 3 heteroatoms. The average molecular weight is 247 g/mol. The number of fused-ring (bicyclic) bond motifs is 1. The van der Waals surface area contributed by atoms with Gasteiger partial charge in [-0.3, -0.25) is 4.79 Å². The highest BCUT2D eigenvalue weighted by atomic mass is 19.1. The van der Waals surface area contributed by atoms with E-state index in [1.165, 1.54) is 12.1 Å². The van der Waals surface area contributed by atoms with Crippen molar-refractivity contribution in [2.45, 2.75) is 32.6 Å². The fourth-order valence-corrected chi connectivity index (χ4v) is 2.28. The molecule has 1 aromatic rings. The summed E-state index contributed by atoms with van der Waals surface area (Å²) in [6.45, 7) is 2.69. The minimum absolute atomic E-state index is 0.0797. The van der Waals surface area contributed by atoms with E-state index in [1.54, 1.807) is 6.08 Å². The number of carbonyl (C=O) groups is 1. The van der Waals surface area contributed by atoms with E-state index in [0.29, 0.717) is 6.54 Å². The first-order chi connectivity index (χ1) is 8.70. The van der Waals surface area contributed by atoms with E-state index in [0.717, 1.165) is 42.4 Å². The largest absolute Gasteiger partial charge is 0.353 e. The summed E-state index contributed by atoms with van der Waals surface area (Å²) >= 11 is 0. The van der Waals surface area contributed by atoms with E-state index in [1.807, 2.05) is 13.0 Å². The third-order valence-electron chi connectivity index (χ3n) is 3.16. The molecule has 1 aliphatic carbocycles. The van der Waals surface area contributed by atoms with Crippen LogP contribution in [0.1, 0.15) is 37.3 Å². The lowest BCUT2D eigenvalue weighted by Crippen LogP contribution is -2.22. The SMILES string of the molecule is CCCNC(=O)/C=C1/CCCc2ccc(F)cc21. The van der Waals surface area contributed by atoms with E-state index >= 15 is 0 Å². The zero-order valence-electron chi connectivity index (χ0n) is 10.6. The van der Waals surface area contributed by atoms with Gasteiger partial charge in [0.05, 0.1) is 0 Å². The monoisotopic (exact) mass is 247 g/mol. The summed E-state index contributed by atoms with van der Waals surface area (Å²) in [4.78, 5) is 11.7. The van der Waals surface area contributed by atoms with Crippen LogP contribution in [0.4, 0.5) is 4.39 Å². The third kappa shape index (κ3) is 2.97. The first-order valence-electron chi connectivity index (χ1n) is 6.48. The van der Waals surface area contributed by atoms with E-state index in [4.69, 9.17) is 0 Å². The molecular formula is C15H18FNO. The molecule has 1 N–H and O–H groups in total. The van der Waals surface area contributed by atoms with Crippen LogP contribution in [-0.4, -0.2) is 12.5 Å². The van der Waals surface area contributed by atoms with Crippen molar-refractivity contribution in [3.8, 4) is 0 Å². The van der Waals surface area contributed by atoms with E-state index in [2.05, 4.69) is 5.32 Å². The van der Waals surface area contributed by atoms with Crippen molar-refractivity contribution in [3.05, 3.63) is 41.2 Å². The fourth-order valence-electron chi connectivity index (χ4n) is 2.28. The number of aryl methyl sites for hydroxylation is 1. The molecule has 0 fully saturated rings. The zero-order valence-corrected chi connectivity index (χ0v) is 10.6. The predicted molar refractivity (Wildman–Crippen MR) is 70.6 cm³/mol. The Bertz CT molecular complexity index is 479. The fraction of sp³-hybridized carbons (Fsp3) is 0.400. The van der Waals surface area contributed by atoms with E-state index < -0.39 is 0 Å². The van der Waals surface area contributed by atoms with Gasteiger partial charge in [0.1, 0.15) is 5.82 Å². The molecule has 96 valence electrons. The Balaban J connectivity index is 2.23. The molecule has 0 saturated heterocycles. The lowest BCUT2D eigenvalue weighted by molar-refractivity contribution is -0.116. The van der Waals surface area contributed by atoms with Crippen molar-refractivity contribution in [2.24, 2.45) is 0 Å². The van der Waals surface area contributed by atoms with Gasteiger partial charge in [0, 0.05) is 12.6 Å². The molecule has 0 aromatic heterocycles. The van der Waals surface area contributed by atoms with Crippen LogP contribution in [0.2, 0.25) is 0 Å². The van der Waals surface area contributed by atoms with Crippen molar-refractivity contribution in [2.75, 3.05) is 6.54 Å². The van der Waals surface area contributed by atoms with E-state index in [9.17, 15) is 9.18 Å². The molecular weight excluding hydrogens is 229 g/mol. The summed E-state index contributed by atoms with van der Waals surface area (Å²) in [5.41, 5.74) is 2.98. The molecule has 0 spiro atoms. The number of hydrogen-bond acceptors (Lipinski definition) is 1. The van der Waals surface area contributed by atoms with Crippen LogP contribution in [0.3, 0.4) is 0 Å². The van der Waals surface area contributed by atoms with Gasteiger partial charge >= 0.3 is 0 Å². The number of halogens is 1. The molecule has 1 aromatic carbocycles. The van der Waals surface area contributed by atoms with Crippen LogP contribution in [0.25, 0.3) is 5.57 Å². The van der Waals surface area contributed by atoms with Crippen molar-refractivity contribution >= 4 is 11.5 Å². The van der Waals surface area contributed by atoms with Gasteiger partial charge in [0.15, 0.2) is 0 Å². The molecule has 2 rings (SSSR count). The van der Waals surface area contributed by atoms with Gasteiger partial charge in [-0.1, -0.05) is 13.0 Å². The number of carbonyl (C=O) groups excluding carboxylic acids is 1. The van der Waals surface area contributed by atoms with Gasteiger partial charge in [-0.15, -0.1) is 0 Å². The summed E-state index contributed by atoms with van der Waals surface area (Å²) < 4.78 is 13.3. The maximum atomic E-state index is 13.3. The van der Waals surface area contributed by atoms with Crippen LogP contribution in [-0.2, 0) is 11.2 Å². The number of nitrogens with one attached hydrogen (secondary N) is 1. The molecule has 1 aliphatic rings. The second-order valence-corrected chi connectivity index (χ2v) is 4.62. The molecule has 18 heavy (non-hydrogen) atoms. The minimum Gasteiger partial charge on any atom is -0.353 e. The normalized spacial score (nSPS) is 16.4. The minimum atomic E-state index is -0.240. The number of amides is 1. The van der Waals surface area contributed by atoms with Crippen LogP contribution in [0.5, 0.6) is 0 Å². The van der Waals surface area contributed by atoms with Gasteiger partial charge in [0.2, 0.25) is 5.91 Å². The Morgan fingerprint density at radius 2 is 2.28 bits per heavy atom. The van der Waals surface area contributed by atoms with Crippen molar-refractivity contribution in [1.82, 2.24) is 5.32 Å². The van der Waals surface area contributed by atoms with Gasteiger partial charge in [0.25, 0.3) is 0 Å². The van der Waals surface area contributed by atoms with Crippen molar-refractivity contribution in [3.63, 3.8) is 0 Å². The maximum absolute atomic E-state index is 13.3. The number of allylic oxidation sites excluding steroid dienone is 1. The molecule has 0 radical (unpaired) electrons. The Labute approximate surface area is 107 Å². The smallest absolute Gasteiger partial charge is 0.244 e. The highest BCUT2D eigenvalue weighted by Gasteiger charge is 2.15. The molecule has 0 unspecified atom stereocenters. The summed E-state index contributed by atoms with van der Waals surface area (Å²) in [6, 6.07) is 4.84. The van der Waals surface area contributed by atoms with Crippen LogP contribution >= 0.6 is 0 Å². The molecule has 0 atom stereocenters. The summed E-state index contributed by atoms with van der Waals surface area (Å²) in [5, 5.41) is 2.82. The van der Waals surface area contributed by atoms with Crippen LogP contribution < -0.4 is 5.32 Å². The topological polar surface area (TPSA) is 29.1 Å². The summed E-state index contributed by atoms with van der Waals surface area (Å²) in [7, 11) is 0. The standard InChI is InChI=1S/C15H18FNO/c1-2-8-17-15(18)9-12-5-3-4-11-6-7-13(16)10-14(11)12/h6-7,9-10H,2-5,8H2,1H3,(H,17,18)/b12-9-. The first kappa shape index (κ1) is 12.8. The second kappa shape index (κ2) is 5.80. The Morgan fingerprint density at radius 3 is 3.06 bits per heavy atom. The molecule has 2 nitrogen and oxygen atoms in total. The highest BCUT2D eigenvalue weighted by Crippen LogP contribution is 2.30. The molecule has 0 heterocycles. The summed E-state index contributed by atoms with van der Waals surface area (Å²) in [6.07, 6.45) is 5.36. The number of benzene rings is 1. The number of rotatable bonds is 3. The molecule has 0 aliphatic heterocycles. The van der Waals surface area contributed by atoms with Crippen LogP contribution in [0, 0.1) is 5.82 Å². The highest BCUT2D eigenvalue weighted by molar-refractivity contribution is 5.95. The van der Waals surface area contributed by atoms with Crippen molar-refractivity contribution in [1.29, 1.82) is 0 Å². The quantitative estimate of drug-likeness (QED) is 0.817.